The summed E-state index contributed by atoms with van der Waals surface area (Å²) >= 11 is -0.444. The Hall–Kier alpha value is 1.45. The molecular weight excluding hydrogens is 388 g/mol. The van der Waals surface area contributed by atoms with Crippen molar-refractivity contribution < 1.29 is 30.7 Å². The minimum atomic E-state index is -1.81. The second-order valence-corrected chi connectivity index (χ2v) is 19.1. The van der Waals surface area contributed by atoms with Gasteiger partial charge in [-0.25, -0.2) is 0 Å². The first-order valence-corrected chi connectivity index (χ1v) is 16.6. The second kappa shape index (κ2) is 13.9. The zero-order chi connectivity index (χ0) is 12.3. The van der Waals surface area contributed by atoms with Crippen LogP contribution in [-0.2, 0) is 18.3 Å². The SMILES string of the molecule is CCC[CH2][Sn](/[CH]=[CH]/[Zn+])([CH2]CCC)[CH2]CCC.[Cl-]. The quantitative estimate of drug-likeness (QED) is 0.480. The molecule has 0 radical (unpaired) electrons. The van der Waals surface area contributed by atoms with E-state index in [9.17, 15) is 0 Å². The maximum absolute atomic E-state index is 2.77. The molecular formula is C14H29ClSnZn. The van der Waals surface area contributed by atoms with Gasteiger partial charge in [0.1, 0.15) is 0 Å². The monoisotopic (exact) mass is 416 g/mol. The fraction of sp³-hybridized carbons (Fsp3) is 0.857. The summed E-state index contributed by atoms with van der Waals surface area (Å²) in [6.45, 7) is 7.04. The van der Waals surface area contributed by atoms with Crippen LogP contribution in [0.15, 0.2) is 8.76 Å². The van der Waals surface area contributed by atoms with Crippen LogP contribution in [0.5, 0.6) is 0 Å². The first-order valence-electron chi connectivity index (χ1n) is 7.21. The molecule has 0 N–H and O–H groups in total. The Kier molecular flexibility index (Phi) is 16.9. The van der Waals surface area contributed by atoms with E-state index in [1.807, 2.05) is 0 Å². The largest absolute Gasteiger partial charge is 1.00 e. The van der Waals surface area contributed by atoms with E-state index in [0.29, 0.717) is 0 Å². The molecule has 0 rings (SSSR count). The Bertz CT molecular complexity index is 161. The fourth-order valence-corrected chi connectivity index (χ4v) is 23.5. The van der Waals surface area contributed by atoms with Gasteiger partial charge in [-0.05, 0) is 0 Å². The predicted molar refractivity (Wildman–Crippen MR) is 74.0 cm³/mol. The molecule has 0 atom stereocenters. The number of halogens is 1. The number of hydrogen-bond donors (Lipinski definition) is 0. The molecule has 0 amide bonds. The van der Waals surface area contributed by atoms with E-state index >= 15 is 0 Å². The van der Waals surface area contributed by atoms with E-state index < -0.39 is 18.4 Å². The number of unbranched alkanes of at least 4 members (excludes halogenated alkanes) is 3. The van der Waals surface area contributed by atoms with Crippen molar-refractivity contribution >= 4 is 18.4 Å². The van der Waals surface area contributed by atoms with Gasteiger partial charge in [-0.2, -0.15) is 0 Å². The maximum Gasteiger partial charge on any atom is -1.00 e. The van der Waals surface area contributed by atoms with Crippen molar-refractivity contribution in [1.29, 1.82) is 0 Å². The predicted octanol–water partition coefficient (Wildman–Crippen LogP) is 2.44. The van der Waals surface area contributed by atoms with Crippen LogP contribution in [0.4, 0.5) is 0 Å². The normalized spacial score (nSPS) is 11.8. The molecule has 0 aliphatic rings. The third-order valence-corrected chi connectivity index (χ3v) is 21.1. The molecule has 0 aliphatic heterocycles. The van der Waals surface area contributed by atoms with Gasteiger partial charge < -0.3 is 12.4 Å². The summed E-state index contributed by atoms with van der Waals surface area (Å²) in [6, 6.07) is 0. The molecule has 0 saturated heterocycles. The van der Waals surface area contributed by atoms with Crippen molar-refractivity contribution in [2.24, 2.45) is 0 Å². The summed E-state index contributed by atoms with van der Waals surface area (Å²) in [4.78, 5) is 0. The van der Waals surface area contributed by atoms with Crippen LogP contribution >= 0.6 is 0 Å². The van der Waals surface area contributed by atoms with Crippen molar-refractivity contribution in [3.05, 3.63) is 8.76 Å². The Labute approximate surface area is 129 Å². The van der Waals surface area contributed by atoms with Gasteiger partial charge in [-0.15, -0.1) is 0 Å². The molecule has 0 bridgehead atoms. The Balaban J connectivity index is 0. The molecule has 0 aliphatic carbocycles. The van der Waals surface area contributed by atoms with E-state index in [1.54, 1.807) is 13.3 Å². The van der Waals surface area contributed by atoms with Crippen LogP contribution in [-0.4, -0.2) is 18.4 Å². The van der Waals surface area contributed by atoms with Crippen LogP contribution in [0.1, 0.15) is 59.3 Å². The van der Waals surface area contributed by atoms with E-state index in [4.69, 9.17) is 0 Å². The molecule has 0 heterocycles. The Morgan fingerprint density at radius 1 is 0.824 bits per heavy atom. The molecule has 0 nitrogen and oxygen atoms in total. The second-order valence-electron chi connectivity index (χ2n) is 5.08. The molecule has 3 heteroatoms. The standard InChI is InChI=1S/3C4H9.C2H2.ClH.Sn.Zn/c3*1-3-4-2;1-2;;;/h3*1,3-4H2,2H3;1-2H;1H;;/q;;;;;;+1/p-1. The summed E-state index contributed by atoms with van der Waals surface area (Å²) in [5.74, 6) is 0. The summed E-state index contributed by atoms with van der Waals surface area (Å²) in [7, 11) is 0. The average molecular weight is 417 g/mol. The smallest absolute Gasteiger partial charge is 1.00 e. The van der Waals surface area contributed by atoms with Crippen molar-refractivity contribution in [2.45, 2.75) is 72.6 Å². The third kappa shape index (κ3) is 9.96. The zero-order valence-corrected chi connectivity index (χ0v) is 18.7. The maximum atomic E-state index is 2.77. The van der Waals surface area contributed by atoms with E-state index in [-0.39, 0.29) is 12.4 Å². The molecule has 0 unspecified atom stereocenters. The molecule has 0 spiro atoms. The minimum Gasteiger partial charge on any atom is -1.00 e. The minimum absolute atomic E-state index is 0. The first-order chi connectivity index (χ1) is 7.74. The van der Waals surface area contributed by atoms with Gasteiger partial charge in [0.05, 0.1) is 0 Å². The van der Waals surface area contributed by atoms with Gasteiger partial charge in [0.15, 0.2) is 0 Å². The van der Waals surface area contributed by atoms with Crippen molar-refractivity contribution in [3.8, 4) is 0 Å². The molecule has 0 saturated carbocycles. The van der Waals surface area contributed by atoms with E-state index in [0.717, 1.165) is 0 Å². The summed E-state index contributed by atoms with van der Waals surface area (Å²) in [5.41, 5.74) is 0. The van der Waals surface area contributed by atoms with Crippen LogP contribution in [0, 0.1) is 0 Å². The van der Waals surface area contributed by atoms with Gasteiger partial charge in [0, 0.05) is 0 Å². The van der Waals surface area contributed by atoms with Crippen molar-refractivity contribution in [2.75, 3.05) is 0 Å². The van der Waals surface area contributed by atoms with Crippen LogP contribution in [0.3, 0.4) is 0 Å². The van der Waals surface area contributed by atoms with Crippen LogP contribution in [0.2, 0.25) is 13.3 Å². The molecule has 17 heavy (non-hydrogen) atoms. The fourth-order valence-electron chi connectivity index (χ4n) is 2.46. The zero-order valence-electron chi connectivity index (χ0n) is 12.1. The summed E-state index contributed by atoms with van der Waals surface area (Å²) in [6.07, 6.45) is 8.66. The van der Waals surface area contributed by atoms with Crippen LogP contribution in [0.25, 0.3) is 0 Å². The Morgan fingerprint density at radius 2 is 1.18 bits per heavy atom. The van der Waals surface area contributed by atoms with Gasteiger partial charge in [0.2, 0.25) is 0 Å². The van der Waals surface area contributed by atoms with Gasteiger partial charge in [-0.3, -0.25) is 0 Å². The van der Waals surface area contributed by atoms with Crippen molar-refractivity contribution in [1.82, 2.24) is 0 Å². The van der Waals surface area contributed by atoms with E-state index in [1.165, 1.54) is 56.8 Å². The molecule has 0 aromatic carbocycles. The van der Waals surface area contributed by atoms with Crippen LogP contribution < -0.4 is 12.4 Å². The molecule has 0 aromatic heterocycles. The Morgan fingerprint density at radius 3 is 1.41 bits per heavy atom. The first kappa shape index (κ1) is 20.8. The number of hydrogen-bond acceptors (Lipinski definition) is 0. The molecule has 0 aromatic rings. The van der Waals surface area contributed by atoms with Gasteiger partial charge in [-0.1, -0.05) is 0 Å². The third-order valence-electron chi connectivity index (χ3n) is 3.56. The van der Waals surface area contributed by atoms with Gasteiger partial charge in [0.25, 0.3) is 0 Å². The molecule has 98 valence electrons. The van der Waals surface area contributed by atoms with E-state index in [2.05, 4.69) is 29.5 Å². The summed E-state index contributed by atoms with van der Waals surface area (Å²) < 4.78 is 10.2. The van der Waals surface area contributed by atoms with Gasteiger partial charge >= 0.3 is 118 Å². The number of rotatable bonds is 10. The van der Waals surface area contributed by atoms with Crippen molar-refractivity contribution in [3.63, 3.8) is 0 Å². The average Bonchev–Trinajstić information content (AvgIpc) is 2.31. The molecule has 0 fully saturated rings. The topological polar surface area (TPSA) is 0 Å². The summed E-state index contributed by atoms with van der Waals surface area (Å²) in [5, 5.41) is 0.